The van der Waals surface area contributed by atoms with E-state index in [0.29, 0.717) is 17.0 Å². The van der Waals surface area contributed by atoms with Crippen LogP contribution >= 0.6 is 11.3 Å². The summed E-state index contributed by atoms with van der Waals surface area (Å²) in [6.45, 7) is 2.15. The molecular formula is C23H18N2O3S. The Morgan fingerprint density at radius 1 is 1.21 bits per heavy atom. The third kappa shape index (κ3) is 4.15. The van der Waals surface area contributed by atoms with Crippen molar-refractivity contribution in [3.8, 4) is 17.6 Å². The molecule has 0 fully saturated rings. The molecule has 0 bridgehead atoms. The number of anilines is 1. The number of nitrogens with zero attached hydrogens (tertiary/aromatic N) is 1. The Morgan fingerprint density at radius 3 is 2.79 bits per heavy atom. The summed E-state index contributed by atoms with van der Waals surface area (Å²) in [5.41, 5.74) is 3.39. The second-order valence-corrected chi connectivity index (χ2v) is 7.67. The largest absolute Gasteiger partial charge is 0.454 e. The SMILES string of the molecule is Cc1c(Cc2ccc3c(c2)OCO3)sc(NC(=O)C=Cc2ccccc2)c1C#N. The number of carbonyl (C=O) groups excluding carboxylic acids is 1. The van der Waals surface area contributed by atoms with Gasteiger partial charge in [0.05, 0.1) is 5.56 Å². The number of nitriles is 1. The van der Waals surface area contributed by atoms with Crippen LogP contribution in [0.25, 0.3) is 6.08 Å². The summed E-state index contributed by atoms with van der Waals surface area (Å²) in [7, 11) is 0. The first-order chi connectivity index (χ1) is 14.1. The minimum atomic E-state index is -0.263. The standard InChI is InChI=1S/C23H18N2O3S/c1-15-18(13-24)23(25-22(26)10-8-16-5-3-2-4-6-16)29-21(15)12-17-7-9-19-20(11-17)28-14-27-19/h2-11H,12,14H2,1H3,(H,25,26). The minimum Gasteiger partial charge on any atom is -0.454 e. The van der Waals surface area contributed by atoms with E-state index in [2.05, 4.69) is 11.4 Å². The highest BCUT2D eigenvalue weighted by Crippen LogP contribution is 2.37. The lowest BCUT2D eigenvalue weighted by atomic mass is 10.1. The molecule has 6 heteroatoms. The van der Waals surface area contributed by atoms with Crippen molar-refractivity contribution in [2.45, 2.75) is 13.3 Å². The predicted molar refractivity (Wildman–Crippen MR) is 113 cm³/mol. The number of carbonyl (C=O) groups is 1. The van der Waals surface area contributed by atoms with Crippen molar-refractivity contribution in [1.82, 2.24) is 0 Å². The van der Waals surface area contributed by atoms with E-state index in [4.69, 9.17) is 9.47 Å². The Hall–Kier alpha value is -3.56. The highest BCUT2D eigenvalue weighted by atomic mass is 32.1. The first-order valence-electron chi connectivity index (χ1n) is 9.09. The fourth-order valence-corrected chi connectivity index (χ4v) is 4.27. The highest BCUT2D eigenvalue weighted by molar-refractivity contribution is 7.16. The molecule has 0 spiro atoms. The number of hydrogen-bond acceptors (Lipinski definition) is 5. The summed E-state index contributed by atoms with van der Waals surface area (Å²) in [5.74, 6) is 1.21. The lowest BCUT2D eigenvalue weighted by Crippen LogP contribution is -2.07. The molecular weight excluding hydrogens is 384 g/mol. The van der Waals surface area contributed by atoms with Crippen LogP contribution in [0.5, 0.6) is 11.5 Å². The summed E-state index contributed by atoms with van der Waals surface area (Å²) in [4.78, 5) is 13.4. The Labute approximate surface area is 172 Å². The first kappa shape index (κ1) is 18.8. The van der Waals surface area contributed by atoms with Crippen LogP contribution in [-0.4, -0.2) is 12.7 Å². The zero-order valence-corrected chi connectivity index (χ0v) is 16.6. The van der Waals surface area contributed by atoms with Gasteiger partial charge in [-0.15, -0.1) is 11.3 Å². The van der Waals surface area contributed by atoms with Crippen LogP contribution in [0.2, 0.25) is 0 Å². The fourth-order valence-electron chi connectivity index (χ4n) is 3.08. The number of nitrogens with one attached hydrogen (secondary N) is 1. The van der Waals surface area contributed by atoms with E-state index in [0.717, 1.165) is 33.1 Å². The van der Waals surface area contributed by atoms with Crippen molar-refractivity contribution in [3.05, 3.63) is 81.7 Å². The van der Waals surface area contributed by atoms with Crippen LogP contribution < -0.4 is 14.8 Å². The van der Waals surface area contributed by atoms with E-state index in [1.807, 2.05) is 55.5 Å². The van der Waals surface area contributed by atoms with Crippen LogP contribution in [0.3, 0.4) is 0 Å². The maximum atomic E-state index is 12.3. The Bertz CT molecular complexity index is 1130. The van der Waals surface area contributed by atoms with Gasteiger partial charge in [0.15, 0.2) is 11.5 Å². The van der Waals surface area contributed by atoms with Gasteiger partial charge in [-0.25, -0.2) is 0 Å². The zero-order chi connectivity index (χ0) is 20.2. The summed E-state index contributed by atoms with van der Waals surface area (Å²) >= 11 is 1.43. The zero-order valence-electron chi connectivity index (χ0n) is 15.8. The van der Waals surface area contributed by atoms with Crippen molar-refractivity contribution in [1.29, 1.82) is 5.26 Å². The van der Waals surface area contributed by atoms with Crippen LogP contribution in [-0.2, 0) is 11.2 Å². The van der Waals surface area contributed by atoms with Gasteiger partial charge in [-0.2, -0.15) is 5.26 Å². The number of amides is 1. The first-order valence-corrected chi connectivity index (χ1v) is 9.90. The number of thiophene rings is 1. The quantitative estimate of drug-likeness (QED) is 0.616. The second kappa shape index (κ2) is 8.21. The molecule has 29 heavy (non-hydrogen) atoms. The van der Waals surface area contributed by atoms with Gasteiger partial charge in [0.25, 0.3) is 0 Å². The van der Waals surface area contributed by atoms with Crippen molar-refractivity contribution in [2.24, 2.45) is 0 Å². The van der Waals surface area contributed by atoms with Gasteiger partial charge in [-0.05, 0) is 41.8 Å². The van der Waals surface area contributed by atoms with Crippen LogP contribution in [0, 0.1) is 18.3 Å². The van der Waals surface area contributed by atoms with Crippen LogP contribution in [0.4, 0.5) is 5.00 Å². The molecule has 1 aliphatic rings. The summed E-state index contributed by atoms with van der Waals surface area (Å²) in [6.07, 6.45) is 3.87. The van der Waals surface area contributed by atoms with Crippen molar-refractivity contribution in [3.63, 3.8) is 0 Å². The van der Waals surface area contributed by atoms with Crippen molar-refractivity contribution < 1.29 is 14.3 Å². The lowest BCUT2D eigenvalue weighted by molar-refractivity contribution is -0.111. The highest BCUT2D eigenvalue weighted by Gasteiger charge is 2.18. The average molecular weight is 402 g/mol. The molecule has 1 N–H and O–H groups in total. The molecule has 0 saturated heterocycles. The molecule has 0 radical (unpaired) electrons. The Balaban J connectivity index is 1.52. The summed E-state index contributed by atoms with van der Waals surface area (Å²) < 4.78 is 10.8. The van der Waals surface area contributed by atoms with Crippen molar-refractivity contribution in [2.75, 3.05) is 12.1 Å². The number of benzene rings is 2. The molecule has 3 aromatic rings. The molecule has 0 saturated carbocycles. The Kier molecular flexibility index (Phi) is 5.32. The van der Waals surface area contributed by atoms with Gasteiger partial charge < -0.3 is 14.8 Å². The lowest BCUT2D eigenvalue weighted by Gasteiger charge is -2.02. The third-order valence-corrected chi connectivity index (χ3v) is 5.83. The number of rotatable bonds is 5. The molecule has 1 amide bonds. The van der Waals surface area contributed by atoms with Gasteiger partial charge >= 0.3 is 0 Å². The maximum Gasteiger partial charge on any atom is 0.249 e. The third-order valence-electron chi connectivity index (χ3n) is 4.62. The fraction of sp³-hybridized carbons (Fsp3) is 0.130. The van der Waals surface area contributed by atoms with E-state index >= 15 is 0 Å². The van der Waals surface area contributed by atoms with Gasteiger partial charge in [-0.3, -0.25) is 4.79 Å². The number of ether oxygens (including phenoxy) is 2. The predicted octanol–water partition coefficient (Wildman–Crippen LogP) is 4.90. The average Bonchev–Trinajstić information content (AvgIpc) is 3.31. The van der Waals surface area contributed by atoms with Crippen LogP contribution in [0.1, 0.15) is 27.1 Å². The molecule has 0 unspecified atom stereocenters. The van der Waals surface area contributed by atoms with E-state index in [9.17, 15) is 10.1 Å². The monoisotopic (exact) mass is 402 g/mol. The summed E-state index contributed by atoms with van der Waals surface area (Å²) in [5, 5.41) is 13.0. The maximum absolute atomic E-state index is 12.3. The molecule has 1 aliphatic heterocycles. The van der Waals surface area contributed by atoms with E-state index in [1.165, 1.54) is 17.4 Å². The minimum absolute atomic E-state index is 0.238. The normalized spacial score (nSPS) is 12.1. The Morgan fingerprint density at radius 2 is 2.00 bits per heavy atom. The van der Waals surface area contributed by atoms with E-state index in [1.54, 1.807) is 6.08 Å². The topological polar surface area (TPSA) is 71.3 Å². The van der Waals surface area contributed by atoms with Gasteiger partial charge in [-0.1, -0.05) is 36.4 Å². The van der Waals surface area contributed by atoms with E-state index in [-0.39, 0.29) is 12.7 Å². The van der Waals surface area contributed by atoms with Gasteiger partial charge in [0, 0.05) is 17.4 Å². The molecule has 5 nitrogen and oxygen atoms in total. The van der Waals surface area contributed by atoms with E-state index < -0.39 is 0 Å². The smallest absolute Gasteiger partial charge is 0.249 e. The second-order valence-electron chi connectivity index (χ2n) is 6.56. The molecule has 144 valence electrons. The molecule has 0 atom stereocenters. The molecule has 2 aromatic carbocycles. The van der Waals surface area contributed by atoms with Crippen LogP contribution in [0.15, 0.2) is 54.6 Å². The molecule has 0 aliphatic carbocycles. The van der Waals surface area contributed by atoms with Gasteiger partial charge in [0.2, 0.25) is 12.7 Å². The van der Waals surface area contributed by atoms with Gasteiger partial charge in [0.1, 0.15) is 11.1 Å². The molecule has 2 heterocycles. The molecule has 4 rings (SSSR count). The molecule has 1 aromatic heterocycles. The van der Waals surface area contributed by atoms with Crippen molar-refractivity contribution >= 4 is 28.3 Å². The number of fused-ring (bicyclic) bond motifs is 1. The summed E-state index contributed by atoms with van der Waals surface area (Å²) in [6, 6.07) is 17.6. The number of hydrogen-bond donors (Lipinski definition) is 1.